The van der Waals surface area contributed by atoms with Gasteiger partial charge in [-0.3, -0.25) is 14.9 Å². The van der Waals surface area contributed by atoms with Crippen molar-refractivity contribution >= 4 is 50.8 Å². The molecule has 0 aromatic heterocycles. The van der Waals surface area contributed by atoms with Crippen LogP contribution in [0.3, 0.4) is 0 Å². The number of benzene rings is 2. The van der Waals surface area contributed by atoms with Crippen molar-refractivity contribution in [2.75, 3.05) is 58.9 Å². The van der Waals surface area contributed by atoms with E-state index in [0.717, 1.165) is 17.6 Å². The standard InChI is InChI=1S/C23H27BrN4O4S/c1-27-8-10-28(11-9-27)22(30)16-4-3-5-18(14-16)25-23(33)26-21(29)19-15-17(24)6-7-20(19)32-13-12-31-2/h3-7,14-15H,8-13H2,1-2H3,(H2,25,26,29,33). The summed E-state index contributed by atoms with van der Waals surface area (Å²) >= 11 is 8.70. The molecule has 10 heteroatoms. The van der Waals surface area contributed by atoms with Gasteiger partial charge in [0.2, 0.25) is 0 Å². The maximum absolute atomic E-state index is 12.8. The third kappa shape index (κ3) is 7.23. The van der Waals surface area contributed by atoms with Gasteiger partial charge in [0.25, 0.3) is 11.8 Å². The molecule has 3 rings (SSSR count). The molecule has 176 valence electrons. The summed E-state index contributed by atoms with van der Waals surface area (Å²) in [5.41, 5.74) is 1.52. The van der Waals surface area contributed by atoms with Gasteiger partial charge in [-0.05, 0) is 55.7 Å². The predicted molar refractivity (Wildman–Crippen MR) is 135 cm³/mol. The SMILES string of the molecule is COCCOc1ccc(Br)cc1C(=O)NC(=S)Nc1cccc(C(=O)N2CCN(C)CC2)c1. The highest BCUT2D eigenvalue weighted by molar-refractivity contribution is 9.10. The summed E-state index contributed by atoms with van der Waals surface area (Å²) in [6, 6.07) is 12.2. The van der Waals surface area contributed by atoms with Gasteiger partial charge >= 0.3 is 0 Å². The number of ether oxygens (including phenoxy) is 2. The molecule has 0 saturated carbocycles. The lowest BCUT2D eigenvalue weighted by Crippen LogP contribution is -2.47. The van der Waals surface area contributed by atoms with Gasteiger partial charge in [-0.1, -0.05) is 22.0 Å². The number of carbonyl (C=O) groups is 2. The normalized spacial score (nSPS) is 14.0. The van der Waals surface area contributed by atoms with Gasteiger partial charge in [0.1, 0.15) is 12.4 Å². The Hall–Kier alpha value is -2.53. The lowest BCUT2D eigenvalue weighted by Gasteiger charge is -2.32. The minimum atomic E-state index is -0.411. The van der Waals surface area contributed by atoms with Crippen molar-refractivity contribution < 1.29 is 19.1 Å². The number of nitrogens with one attached hydrogen (secondary N) is 2. The lowest BCUT2D eigenvalue weighted by molar-refractivity contribution is 0.0664. The van der Waals surface area contributed by atoms with Crippen LogP contribution in [0.4, 0.5) is 5.69 Å². The van der Waals surface area contributed by atoms with Crippen LogP contribution in [-0.2, 0) is 4.74 Å². The van der Waals surface area contributed by atoms with E-state index in [2.05, 4.69) is 31.5 Å². The van der Waals surface area contributed by atoms with Gasteiger partial charge in [-0.15, -0.1) is 0 Å². The Bertz CT molecular complexity index is 1010. The van der Waals surface area contributed by atoms with E-state index in [1.807, 2.05) is 11.9 Å². The van der Waals surface area contributed by atoms with Crippen LogP contribution in [0.15, 0.2) is 46.9 Å². The first kappa shape index (κ1) is 25.1. The third-order valence-corrected chi connectivity index (χ3v) is 5.81. The molecule has 1 heterocycles. The second-order valence-corrected chi connectivity index (χ2v) is 8.89. The van der Waals surface area contributed by atoms with Gasteiger partial charge in [-0.25, -0.2) is 0 Å². The predicted octanol–water partition coefficient (Wildman–Crippen LogP) is 2.99. The minimum Gasteiger partial charge on any atom is -0.490 e. The van der Waals surface area contributed by atoms with E-state index in [4.69, 9.17) is 21.7 Å². The van der Waals surface area contributed by atoms with Gasteiger partial charge in [0, 0.05) is 49.0 Å². The molecule has 1 fully saturated rings. The molecular formula is C23H27BrN4O4S. The maximum Gasteiger partial charge on any atom is 0.261 e. The fraction of sp³-hybridized carbons (Fsp3) is 0.348. The second-order valence-electron chi connectivity index (χ2n) is 7.57. The zero-order valence-electron chi connectivity index (χ0n) is 18.6. The molecule has 2 N–H and O–H groups in total. The third-order valence-electron chi connectivity index (χ3n) is 5.12. The summed E-state index contributed by atoms with van der Waals surface area (Å²) in [5.74, 6) is -0.00473. The Kier molecular flexibility index (Phi) is 9.19. The molecule has 0 atom stereocenters. The van der Waals surface area contributed by atoms with Crippen LogP contribution in [0.2, 0.25) is 0 Å². The van der Waals surface area contributed by atoms with Crippen molar-refractivity contribution in [1.82, 2.24) is 15.1 Å². The number of methoxy groups -OCH3 is 1. The number of hydrogen-bond acceptors (Lipinski definition) is 6. The van der Waals surface area contributed by atoms with Crippen molar-refractivity contribution in [3.8, 4) is 5.75 Å². The number of halogens is 1. The molecule has 8 nitrogen and oxygen atoms in total. The first-order chi connectivity index (χ1) is 15.9. The topological polar surface area (TPSA) is 83.1 Å². The summed E-state index contributed by atoms with van der Waals surface area (Å²) in [6.07, 6.45) is 0. The zero-order valence-corrected chi connectivity index (χ0v) is 21.0. The Morgan fingerprint density at radius 3 is 2.58 bits per heavy atom. The first-order valence-corrected chi connectivity index (χ1v) is 11.7. The number of thiocarbonyl (C=S) groups is 1. The Morgan fingerprint density at radius 2 is 1.85 bits per heavy atom. The van der Waals surface area contributed by atoms with Crippen LogP contribution < -0.4 is 15.4 Å². The highest BCUT2D eigenvalue weighted by Crippen LogP contribution is 2.23. The Labute approximate surface area is 207 Å². The number of nitrogens with zero attached hydrogens (tertiary/aromatic N) is 2. The van der Waals surface area contributed by atoms with E-state index >= 15 is 0 Å². The fourth-order valence-electron chi connectivity index (χ4n) is 3.30. The average molecular weight is 535 g/mol. The van der Waals surface area contributed by atoms with E-state index in [1.165, 1.54) is 0 Å². The highest BCUT2D eigenvalue weighted by atomic mass is 79.9. The number of hydrogen-bond donors (Lipinski definition) is 2. The molecule has 2 aromatic carbocycles. The van der Waals surface area contributed by atoms with Crippen molar-refractivity contribution in [2.24, 2.45) is 0 Å². The monoisotopic (exact) mass is 534 g/mol. The van der Waals surface area contributed by atoms with E-state index in [1.54, 1.807) is 49.6 Å². The van der Waals surface area contributed by atoms with Crippen LogP contribution in [0.1, 0.15) is 20.7 Å². The van der Waals surface area contributed by atoms with Crippen LogP contribution in [0.5, 0.6) is 5.75 Å². The molecule has 0 spiro atoms. The van der Waals surface area contributed by atoms with Crippen molar-refractivity contribution in [2.45, 2.75) is 0 Å². The first-order valence-electron chi connectivity index (χ1n) is 10.5. The van der Waals surface area contributed by atoms with E-state index < -0.39 is 5.91 Å². The summed E-state index contributed by atoms with van der Waals surface area (Å²) in [7, 11) is 3.63. The summed E-state index contributed by atoms with van der Waals surface area (Å²) < 4.78 is 11.4. The number of piperazine rings is 1. The summed E-state index contributed by atoms with van der Waals surface area (Å²) in [4.78, 5) is 29.7. The van der Waals surface area contributed by atoms with Gasteiger partial charge in [0.05, 0.1) is 12.2 Å². The molecule has 0 unspecified atom stereocenters. The summed E-state index contributed by atoms with van der Waals surface area (Å²) in [6.45, 7) is 3.82. The number of anilines is 1. The largest absolute Gasteiger partial charge is 0.490 e. The lowest BCUT2D eigenvalue weighted by atomic mass is 10.1. The zero-order chi connectivity index (χ0) is 23.8. The average Bonchev–Trinajstić information content (AvgIpc) is 2.80. The molecule has 0 radical (unpaired) electrons. The molecule has 0 aliphatic carbocycles. The molecule has 0 bridgehead atoms. The number of rotatable bonds is 7. The van der Waals surface area contributed by atoms with E-state index in [-0.39, 0.29) is 11.0 Å². The van der Waals surface area contributed by atoms with Crippen LogP contribution in [-0.4, -0.2) is 80.3 Å². The second kappa shape index (κ2) is 12.1. The number of carbonyl (C=O) groups excluding carboxylic acids is 2. The number of amides is 2. The van der Waals surface area contributed by atoms with Crippen LogP contribution in [0.25, 0.3) is 0 Å². The summed E-state index contributed by atoms with van der Waals surface area (Å²) in [5, 5.41) is 5.77. The minimum absolute atomic E-state index is 0.0197. The smallest absolute Gasteiger partial charge is 0.261 e. The number of likely N-dealkylation sites (N-methyl/N-ethyl adjacent to an activating group) is 1. The van der Waals surface area contributed by atoms with Gasteiger partial charge in [-0.2, -0.15) is 0 Å². The van der Waals surface area contributed by atoms with E-state index in [9.17, 15) is 9.59 Å². The molecule has 33 heavy (non-hydrogen) atoms. The Balaban J connectivity index is 1.63. The fourth-order valence-corrected chi connectivity index (χ4v) is 3.87. The highest BCUT2D eigenvalue weighted by Gasteiger charge is 2.21. The van der Waals surface area contributed by atoms with Crippen molar-refractivity contribution in [3.05, 3.63) is 58.1 Å². The quantitative estimate of drug-likeness (QED) is 0.417. The van der Waals surface area contributed by atoms with Gasteiger partial charge in [0.15, 0.2) is 5.11 Å². The van der Waals surface area contributed by atoms with Crippen LogP contribution >= 0.6 is 28.1 Å². The molecular weight excluding hydrogens is 508 g/mol. The van der Waals surface area contributed by atoms with Crippen molar-refractivity contribution in [1.29, 1.82) is 0 Å². The molecule has 1 aliphatic rings. The molecule has 2 amide bonds. The molecule has 1 saturated heterocycles. The van der Waals surface area contributed by atoms with Crippen LogP contribution in [0, 0.1) is 0 Å². The molecule has 1 aliphatic heterocycles. The molecule has 2 aromatic rings. The maximum atomic E-state index is 12.8. The van der Waals surface area contributed by atoms with E-state index in [0.29, 0.717) is 48.9 Å². The van der Waals surface area contributed by atoms with Crippen molar-refractivity contribution in [3.63, 3.8) is 0 Å². The van der Waals surface area contributed by atoms with Gasteiger partial charge < -0.3 is 24.6 Å². The Morgan fingerprint density at radius 1 is 1.09 bits per heavy atom.